The zero-order chi connectivity index (χ0) is 20.0. The van der Waals surface area contributed by atoms with Gasteiger partial charge in [-0.25, -0.2) is 13.1 Å². The third kappa shape index (κ3) is 3.46. The molecule has 0 saturated carbocycles. The molecule has 2 saturated heterocycles. The molecule has 8 nitrogen and oxygen atoms in total. The lowest BCUT2D eigenvalue weighted by atomic mass is 9.92. The fourth-order valence-electron chi connectivity index (χ4n) is 4.43. The Labute approximate surface area is 170 Å². The molecule has 2 fully saturated rings. The van der Waals surface area contributed by atoms with Gasteiger partial charge in [-0.3, -0.25) is 4.79 Å². The van der Waals surface area contributed by atoms with Crippen molar-refractivity contribution >= 4 is 15.9 Å². The minimum Gasteiger partial charge on any atom is -0.337 e. The Hall–Kier alpha value is -2.26. The van der Waals surface area contributed by atoms with Crippen molar-refractivity contribution in [1.29, 1.82) is 0 Å². The van der Waals surface area contributed by atoms with Crippen molar-refractivity contribution in [2.75, 3.05) is 19.6 Å². The SMILES string of the molecule is O=C1CCCN1Cc1cn(C2CN(S(=O)(=O)c3ccc4c(c3)CCCC4)C2)nn1. The van der Waals surface area contributed by atoms with E-state index >= 15 is 0 Å². The molecule has 5 rings (SSSR count). The number of carbonyl (C=O) groups excluding carboxylic acids is 1. The summed E-state index contributed by atoms with van der Waals surface area (Å²) in [5.41, 5.74) is 3.20. The molecule has 1 amide bonds. The van der Waals surface area contributed by atoms with E-state index in [-0.39, 0.29) is 11.9 Å². The molecule has 0 spiro atoms. The van der Waals surface area contributed by atoms with E-state index in [0.29, 0.717) is 31.0 Å². The Morgan fingerprint density at radius 1 is 1.03 bits per heavy atom. The minimum atomic E-state index is -3.48. The highest BCUT2D eigenvalue weighted by Gasteiger charge is 2.38. The summed E-state index contributed by atoms with van der Waals surface area (Å²) in [6, 6.07) is 5.56. The monoisotopic (exact) mass is 415 g/mol. The zero-order valence-corrected chi connectivity index (χ0v) is 17.1. The van der Waals surface area contributed by atoms with Crippen LogP contribution in [0.25, 0.3) is 0 Å². The number of fused-ring (bicyclic) bond motifs is 1. The molecule has 3 aliphatic rings. The molecule has 0 atom stereocenters. The Bertz CT molecular complexity index is 1040. The van der Waals surface area contributed by atoms with E-state index in [9.17, 15) is 13.2 Å². The van der Waals surface area contributed by atoms with Crippen LogP contribution in [-0.4, -0.2) is 58.2 Å². The van der Waals surface area contributed by atoms with Gasteiger partial charge in [0.25, 0.3) is 0 Å². The summed E-state index contributed by atoms with van der Waals surface area (Å²) in [6.45, 7) is 2.03. The number of likely N-dealkylation sites (tertiary alicyclic amines) is 1. The van der Waals surface area contributed by atoms with E-state index < -0.39 is 10.0 Å². The van der Waals surface area contributed by atoms with Crippen molar-refractivity contribution in [1.82, 2.24) is 24.2 Å². The lowest BCUT2D eigenvalue weighted by molar-refractivity contribution is -0.128. The van der Waals surface area contributed by atoms with Gasteiger partial charge in [-0.2, -0.15) is 4.31 Å². The number of nitrogens with zero attached hydrogens (tertiary/aromatic N) is 5. The second kappa shape index (κ2) is 7.21. The molecule has 0 unspecified atom stereocenters. The van der Waals surface area contributed by atoms with E-state index in [1.165, 1.54) is 21.9 Å². The van der Waals surface area contributed by atoms with Crippen LogP contribution in [0.5, 0.6) is 0 Å². The van der Waals surface area contributed by atoms with Crippen LogP contribution in [-0.2, 0) is 34.2 Å². The summed E-state index contributed by atoms with van der Waals surface area (Å²) in [4.78, 5) is 13.9. The van der Waals surface area contributed by atoms with Gasteiger partial charge in [-0.1, -0.05) is 11.3 Å². The fourth-order valence-corrected chi connectivity index (χ4v) is 6.00. The Kier molecular flexibility index (Phi) is 4.66. The number of rotatable bonds is 5. The number of hydrogen-bond donors (Lipinski definition) is 0. The molecule has 3 heterocycles. The first-order chi connectivity index (χ1) is 14.0. The molecule has 2 aliphatic heterocycles. The summed E-state index contributed by atoms with van der Waals surface area (Å²) in [5, 5.41) is 8.32. The topological polar surface area (TPSA) is 88.4 Å². The number of amides is 1. The van der Waals surface area contributed by atoms with Crippen LogP contribution in [0.2, 0.25) is 0 Å². The maximum atomic E-state index is 13.0. The molecule has 1 aromatic carbocycles. The number of sulfonamides is 1. The molecular weight excluding hydrogens is 390 g/mol. The molecule has 0 radical (unpaired) electrons. The predicted molar refractivity (Wildman–Crippen MR) is 106 cm³/mol. The second-order valence-electron chi connectivity index (χ2n) is 8.22. The quantitative estimate of drug-likeness (QED) is 0.739. The van der Waals surface area contributed by atoms with Crippen LogP contribution < -0.4 is 0 Å². The van der Waals surface area contributed by atoms with Gasteiger partial charge in [0.15, 0.2) is 0 Å². The second-order valence-corrected chi connectivity index (χ2v) is 10.2. The number of hydrogen-bond acceptors (Lipinski definition) is 5. The molecule has 0 N–H and O–H groups in total. The highest BCUT2D eigenvalue weighted by molar-refractivity contribution is 7.89. The maximum Gasteiger partial charge on any atom is 0.243 e. The summed E-state index contributed by atoms with van der Waals surface area (Å²) in [5.74, 6) is 0.158. The Morgan fingerprint density at radius 3 is 2.59 bits per heavy atom. The number of benzene rings is 1. The first-order valence-electron chi connectivity index (χ1n) is 10.3. The van der Waals surface area contributed by atoms with Crippen LogP contribution in [0, 0.1) is 0 Å². The van der Waals surface area contributed by atoms with Crippen molar-refractivity contribution in [3.8, 4) is 0 Å². The number of aryl methyl sites for hydroxylation is 2. The molecular formula is C20H25N5O3S. The first kappa shape index (κ1) is 18.7. The average molecular weight is 416 g/mol. The molecule has 0 bridgehead atoms. The van der Waals surface area contributed by atoms with Gasteiger partial charge in [-0.15, -0.1) is 5.10 Å². The van der Waals surface area contributed by atoms with Crippen molar-refractivity contribution in [2.45, 2.75) is 56.0 Å². The highest BCUT2D eigenvalue weighted by Crippen LogP contribution is 2.30. The maximum absolute atomic E-state index is 13.0. The van der Waals surface area contributed by atoms with Crippen LogP contribution in [0.3, 0.4) is 0 Å². The summed E-state index contributed by atoms with van der Waals surface area (Å²) >= 11 is 0. The molecule has 154 valence electrons. The molecule has 29 heavy (non-hydrogen) atoms. The zero-order valence-electron chi connectivity index (χ0n) is 16.3. The minimum absolute atomic E-state index is 0.0158. The van der Waals surface area contributed by atoms with Gasteiger partial charge < -0.3 is 4.90 Å². The molecule has 9 heteroatoms. The smallest absolute Gasteiger partial charge is 0.243 e. The lowest BCUT2D eigenvalue weighted by Crippen LogP contribution is -2.50. The fraction of sp³-hybridized carbons (Fsp3) is 0.550. The summed E-state index contributed by atoms with van der Waals surface area (Å²) in [6.07, 6.45) is 7.64. The van der Waals surface area contributed by atoms with Crippen LogP contribution in [0.1, 0.15) is 48.5 Å². The van der Waals surface area contributed by atoms with Crippen molar-refractivity contribution in [3.63, 3.8) is 0 Å². The van der Waals surface area contributed by atoms with Gasteiger partial charge >= 0.3 is 0 Å². The third-order valence-electron chi connectivity index (χ3n) is 6.24. The van der Waals surface area contributed by atoms with Crippen molar-refractivity contribution in [2.24, 2.45) is 0 Å². The molecule has 1 aromatic heterocycles. The normalized spacial score (nSPS) is 20.7. The Morgan fingerprint density at radius 2 is 1.83 bits per heavy atom. The van der Waals surface area contributed by atoms with E-state index in [1.807, 2.05) is 18.3 Å². The van der Waals surface area contributed by atoms with Gasteiger partial charge in [0.05, 0.1) is 23.7 Å². The van der Waals surface area contributed by atoms with Gasteiger partial charge in [0.1, 0.15) is 5.69 Å². The van der Waals surface area contributed by atoms with Gasteiger partial charge in [0, 0.05) is 26.1 Å². The highest BCUT2D eigenvalue weighted by atomic mass is 32.2. The third-order valence-corrected chi connectivity index (χ3v) is 8.07. The van der Waals surface area contributed by atoms with Gasteiger partial charge in [-0.05, 0) is 55.4 Å². The van der Waals surface area contributed by atoms with Crippen molar-refractivity contribution < 1.29 is 13.2 Å². The predicted octanol–water partition coefficient (Wildman–Crippen LogP) is 1.52. The van der Waals surface area contributed by atoms with E-state index in [4.69, 9.17) is 0 Å². The first-order valence-corrected chi connectivity index (χ1v) is 11.8. The van der Waals surface area contributed by atoms with Crippen LogP contribution in [0.4, 0.5) is 0 Å². The molecule has 1 aliphatic carbocycles. The van der Waals surface area contributed by atoms with E-state index in [2.05, 4.69) is 10.3 Å². The van der Waals surface area contributed by atoms with Crippen molar-refractivity contribution in [3.05, 3.63) is 41.2 Å². The lowest BCUT2D eigenvalue weighted by Gasteiger charge is -2.37. The number of carbonyl (C=O) groups is 1. The van der Waals surface area contributed by atoms with E-state index in [0.717, 1.165) is 37.9 Å². The van der Waals surface area contributed by atoms with Gasteiger partial charge in [0.2, 0.25) is 15.9 Å². The van der Waals surface area contributed by atoms with E-state index in [1.54, 1.807) is 15.6 Å². The summed E-state index contributed by atoms with van der Waals surface area (Å²) in [7, 11) is -3.48. The van der Waals surface area contributed by atoms with Crippen LogP contribution in [0.15, 0.2) is 29.3 Å². The summed E-state index contributed by atoms with van der Waals surface area (Å²) < 4.78 is 29.2. The van der Waals surface area contributed by atoms with Crippen LogP contribution >= 0.6 is 0 Å². The number of aromatic nitrogens is 3. The standard InChI is InChI=1S/C20H25N5O3S/c26-20-6-3-9-23(20)11-17-12-25(22-21-17)18-13-24(14-18)29(27,28)19-8-7-15-4-1-2-5-16(15)10-19/h7-8,10,12,18H,1-6,9,11,13-14H2. The largest absolute Gasteiger partial charge is 0.337 e. The molecule has 2 aromatic rings. The average Bonchev–Trinajstić information content (AvgIpc) is 3.30. The Balaban J connectivity index is 1.24.